The lowest BCUT2D eigenvalue weighted by Crippen LogP contribution is -2.12. The Morgan fingerprint density at radius 3 is 2.30 bits per heavy atom. The van der Waals surface area contributed by atoms with Gasteiger partial charge in [0.25, 0.3) is 0 Å². The fraction of sp³-hybridized carbons (Fsp3) is 0.0909. The fourth-order valence-corrected chi connectivity index (χ4v) is 1.51. The summed E-state index contributed by atoms with van der Waals surface area (Å²) >= 11 is 5.45. The largest absolute Gasteiger partial charge is 0.451 e. The van der Waals surface area contributed by atoms with Crippen molar-refractivity contribution in [3.63, 3.8) is 0 Å². The van der Waals surface area contributed by atoms with Gasteiger partial charge in [-0.25, -0.2) is 18.7 Å². The van der Waals surface area contributed by atoms with Gasteiger partial charge in [0.1, 0.15) is 11.0 Å². The first-order valence-electron chi connectivity index (χ1n) is 5.09. The second-order valence-corrected chi connectivity index (χ2v) is 4.04. The van der Waals surface area contributed by atoms with Gasteiger partial charge in [0.2, 0.25) is 5.82 Å². The second kappa shape index (κ2) is 5.20. The number of benzene rings is 1. The minimum absolute atomic E-state index is 0.0202. The van der Waals surface area contributed by atoms with Crippen LogP contribution in [-0.2, 0) is 6.18 Å². The lowest BCUT2D eigenvalue weighted by molar-refractivity contribution is -0.144. The number of hydrogen-bond acceptors (Lipinski definition) is 3. The molecule has 0 atom stereocenters. The molecule has 0 fully saturated rings. The number of nitrogens with zero attached hydrogens (tertiary/aromatic N) is 2. The Bertz CT molecular complexity index is 644. The van der Waals surface area contributed by atoms with Crippen LogP contribution in [0.3, 0.4) is 0 Å². The maximum atomic E-state index is 13.0. The molecule has 3 nitrogen and oxygen atoms in total. The van der Waals surface area contributed by atoms with Gasteiger partial charge in [-0.2, -0.15) is 13.2 Å². The summed E-state index contributed by atoms with van der Waals surface area (Å²) in [6.07, 6.45) is -4.77. The second-order valence-electron chi connectivity index (χ2n) is 3.65. The number of anilines is 2. The Kier molecular flexibility index (Phi) is 3.76. The van der Waals surface area contributed by atoms with Crippen LogP contribution in [0.5, 0.6) is 0 Å². The maximum absolute atomic E-state index is 13.0. The number of rotatable bonds is 2. The molecule has 0 spiro atoms. The summed E-state index contributed by atoms with van der Waals surface area (Å²) in [6, 6.07) is 3.77. The minimum Gasteiger partial charge on any atom is -0.340 e. The van der Waals surface area contributed by atoms with Crippen LogP contribution in [0.15, 0.2) is 24.3 Å². The monoisotopic (exact) mass is 309 g/mol. The Morgan fingerprint density at radius 1 is 1.00 bits per heavy atom. The van der Waals surface area contributed by atoms with E-state index in [2.05, 4.69) is 15.3 Å². The number of aromatic nitrogens is 2. The Morgan fingerprint density at radius 2 is 1.70 bits per heavy atom. The molecular weight excluding hydrogens is 305 g/mol. The van der Waals surface area contributed by atoms with Crippen LogP contribution in [0.4, 0.5) is 33.5 Å². The van der Waals surface area contributed by atoms with Gasteiger partial charge >= 0.3 is 6.18 Å². The molecule has 106 valence electrons. The zero-order valence-corrected chi connectivity index (χ0v) is 10.2. The van der Waals surface area contributed by atoms with E-state index in [9.17, 15) is 22.0 Å². The maximum Gasteiger partial charge on any atom is 0.451 e. The summed E-state index contributed by atoms with van der Waals surface area (Å²) in [5.41, 5.74) is 0.0202. The average molecular weight is 310 g/mol. The smallest absolute Gasteiger partial charge is 0.340 e. The third-order valence-electron chi connectivity index (χ3n) is 2.14. The van der Waals surface area contributed by atoms with Crippen LogP contribution in [-0.4, -0.2) is 9.97 Å². The summed E-state index contributed by atoms with van der Waals surface area (Å²) in [6.45, 7) is 0. The summed E-state index contributed by atoms with van der Waals surface area (Å²) in [4.78, 5) is 6.24. The highest BCUT2D eigenvalue weighted by Gasteiger charge is 2.35. The van der Waals surface area contributed by atoms with Crippen molar-refractivity contribution in [2.75, 3.05) is 5.32 Å². The van der Waals surface area contributed by atoms with E-state index in [0.29, 0.717) is 0 Å². The summed E-state index contributed by atoms with van der Waals surface area (Å²) < 4.78 is 63.1. The molecule has 0 saturated heterocycles. The van der Waals surface area contributed by atoms with Crippen molar-refractivity contribution in [1.82, 2.24) is 9.97 Å². The first kappa shape index (κ1) is 14.4. The molecular formula is C11H5ClF5N3. The first-order valence-corrected chi connectivity index (χ1v) is 5.47. The quantitative estimate of drug-likeness (QED) is 0.668. The molecule has 1 heterocycles. The molecule has 20 heavy (non-hydrogen) atoms. The number of hydrogen-bond donors (Lipinski definition) is 1. The zero-order chi connectivity index (χ0) is 14.9. The van der Waals surface area contributed by atoms with E-state index in [1.165, 1.54) is 0 Å². The molecule has 0 unspecified atom stereocenters. The van der Waals surface area contributed by atoms with E-state index >= 15 is 0 Å². The standard InChI is InChI=1S/C11H5ClF5N3/c12-8-4-9(20-10(19-8)11(15,16)17)18-5-1-2-6(13)7(14)3-5/h1-4H,(H,18,19,20). The highest BCUT2D eigenvalue weighted by molar-refractivity contribution is 6.29. The van der Waals surface area contributed by atoms with Gasteiger partial charge in [0, 0.05) is 17.8 Å². The van der Waals surface area contributed by atoms with Crippen LogP contribution in [0, 0.1) is 11.6 Å². The number of alkyl halides is 3. The van der Waals surface area contributed by atoms with Crippen molar-refractivity contribution in [1.29, 1.82) is 0 Å². The molecule has 1 N–H and O–H groups in total. The molecule has 0 bridgehead atoms. The molecule has 2 rings (SSSR count). The van der Waals surface area contributed by atoms with Crippen LogP contribution in [0.2, 0.25) is 5.15 Å². The van der Waals surface area contributed by atoms with Gasteiger partial charge in [-0.15, -0.1) is 0 Å². The van der Waals surface area contributed by atoms with E-state index in [1.807, 2.05) is 0 Å². The summed E-state index contributed by atoms with van der Waals surface area (Å²) in [5.74, 6) is -3.95. The topological polar surface area (TPSA) is 37.8 Å². The van der Waals surface area contributed by atoms with Gasteiger partial charge in [-0.05, 0) is 12.1 Å². The number of nitrogens with one attached hydrogen (secondary N) is 1. The minimum atomic E-state index is -4.77. The first-order chi connectivity index (χ1) is 9.25. The lowest BCUT2D eigenvalue weighted by atomic mass is 10.3. The zero-order valence-electron chi connectivity index (χ0n) is 9.47. The Hall–Kier alpha value is -1.96. The van der Waals surface area contributed by atoms with Crippen molar-refractivity contribution in [2.24, 2.45) is 0 Å². The normalized spacial score (nSPS) is 11.5. The van der Waals surface area contributed by atoms with Crippen LogP contribution in [0.25, 0.3) is 0 Å². The van der Waals surface area contributed by atoms with Crippen LogP contribution < -0.4 is 5.32 Å². The molecule has 1 aromatic carbocycles. The molecule has 0 amide bonds. The SMILES string of the molecule is Fc1ccc(Nc2cc(Cl)nc(C(F)(F)F)n2)cc1F. The van der Waals surface area contributed by atoms with Crippen molar-refractivity contribution in [2.45, 2.75) is 6.18 Å². The van der Waals surface area contributed by atoms with Crippen molar-refractivity contribution in [3.05, 3.63) is 46.9 Å². The van der Waals surface area contributed by atoms with Gasteiger partial charge in [0.05, 0.1) is 0 Å². The molecule has 0 saturated carbocycles. The molecule has 9 heteroatoms. The van der Waals surface area contributed by atoms with Crippen LogP contribution in [0.1, 0.15) is 5.82 Å². The fourth-order valence-electron chi connectivity index (χ4n) is 1.33. The predicted molar refractivity (Wildman–Crippen MR) is 61.7 cm³/mol. The molecule has 0 radical (unpaired) electrons. The molecule has 0 aliphatic rings. The molecule has 0 aliphatic carbocycles. The van der Waals surface area contributed by atoms with Crippen molar-refractivity contribution >= 4 is 23.1 Å². The Balaban J connectivity index is 2.33. The summed E-state index contributed by atoms with van der Waals surface area (Å²) in [5, 5.41) is 1.95. The average Bonchev–Trinajstić information content (AvgIpc) is 2.32. The highest BCUT2D eigenvalue weighted by atomic mass is 35.5. The van der Waals surface area contributed by atoms with E-state index < -0.39 is 28.8 Å². The highest BCUT2D eigenvalue weighted by Crippen LogP contribution is 2.29. The van der Waals surface area contributed by atoms with E-state index in [4.69, 9.17) is 11.6 Å². The molecule has 2 aromatic rings. The van der Waals surface area contributed by atoms with Gasteiger partial charge < -0.3 is 5.32 Å². The van der Waals surface area contributed by atoms with E-state index in [-0.39, 0.29) is 11.5 Å². The third kappa shape index (κ3) is 3.32. The number of halogens is 6. The van der Waals surface area contributed by atoms with Gasteiger partial charge in [-0.1, -0.05) is 11.6 Å². The van der Waals surface area contributed by atoms with E-state index in [0.717, 1.165) is 24.3 Å². The van der Waals surface area contributed by atoms with Crippen LogP contribution >= 0.6 is 11.6 Å². The molecule has 0 aliphatic heterocycles. The van der Waals surface area contributed by atoms with Crippen molar-refractivity contribution in [3.8, 4) is 0 Å². The third-order valence-corrected chi connectivity index (χ3v) is 2.33. The van der Waals surface area contributed by atoms with Gasteiger partial charge in [-0.3, -0.25) is 0 Å². The lowest BCUT2D eigenvalue weighted by Gasteiger charge is -2.09. The van der Waals surface area contributed by atoms with Gasteiger partial charge in [0.15, 0.2) is 11.6 Å². The Labute approximate surface area is 114 Å². The van der Waals surface area contributed by atoms with E-state index in [1.54, 1.807) is 0 Å². The predicted octanol–water partition coefficient (Wildman–Crippen LogP) is 4.17. The molecule has 1 aromatic heterocycles. The summed E-state index contributed by atoms with van der Waals surface area (Å²) in [7, 11) is 0. The van der Waals surface area contributed by atoms with Crippen molar-refractivity contribution < 1.29 is 22.0 Å².